The number of aromatic amines is 1. The number of halogens is 2. The maximum atomic E-state index is 14.2. The fourth-order valence-electron chi connectivity index (χ4n) is 5.28. The van der Waals surface area contributed by atoms with Crippen LogP contribution < -0.4 is 0 Å². The zero-order valence-electron chi connectivity index (χ0n) is 20.4. The highest BCUT2D eigenvalue weighted by atomic mass is 19.2. The van der Waals surface area contributed by atoms with E-state index in [-0.39, 0.29) is 29.1 Å². The van der Waals surface area contributed by atoms with E-state index in [4.69, 9.17) is 0 Å². The number of hydrogen-bond donors (Lipinski definition) is 2. The Kier molecular flexibility index (Phi) is 5.33. The van der Waals surface area contributed by atoms with Crippen molar-refractivity contribution in [1.29, 1.82) is 0 Å². The molecule has 2 aromatic carbocycles. The summed E-state index contributed by atoms with van der Waals surface area (Å²) in [6.07, 6.45) is 2.89. The number of rotatable bonds is 5. The van der Waals surface area contributed by atoms with E-state index in [0.29, 0.717) is 42.7 Å². The molecular formula is C27H23F2N5O4. The largest absolute Gasteiger partial charge is 0.478 e. The van der Waals surface area contributed by atoms with Gasteiger partial charge in [0.15, 0.2) is 11.6 Å². The Bertz CT molecular complexity index is 1640. The normalized spacial score (nSPS) is 15.8. The molecule has 0 atom stereocenters. The molecule has 11 heteroatoms. The summed E-state index contributed by atoms with van der Waals surface area (Å²) in [5.74, 6) is -3.72. The molecule has 6 rings (SSSR count). The van der Waals surface area contributed by atoms with Gasteiger partial charge in [-0.1, -0.05) is 12.1 Å². The van der Waals surface area contributed by atoms with Gasteiger partial charge in [-0.2, -0.15) is 5.10 Å². The number of aromatic nitrogens is 3. The van der Waals surface area contributed by atoms with Crippen LogP contribution in [0.2, 0.25) is 0 Å². The second-order valence-electron chi connectivity index (χ2n) is 9.74. The van der Waals surface area contributed by atoms with Crippen LogP contribution in [0.3, 0.4) is 0 Å². The Morgan fingerprint density at radius 2 is 1.89 bits per heavy atom. The van der Waals surface area contributed by atoms with Crippen molar-refractivity contribution in [2.75, 3.05) is 13.6 Å². The van der Waals surface area contributed by atoms with E-state index < -0.39 is 29.0 Å². The summed E-state index contributed by atoms with van der Waals surface area (Å²) >= 11 is 0. The van der Waals surface area contributed by atoms with Crippen molar-refractivity contribution in [3.05, 3.63) is 88.4 Å². The first-order valence-corrected chi connectivity index (χ1v) is 12.1. The number of carbonyl (C=O) groups excluding carboxylic acids is 2. The van der Waals surface area contributed by atoms with E-state index in [9.17, 15) is 28.3 Å². The van der Waals surface area contributed by atoms with E-state index >= 15 is 0 Å². The second-order valence-corrected chi connectivity index (χ2v) is 9.74. The highest BCUT2D eigenvalue weighted by molar-refractivity contribution is 5.99. The zero-order valence-corrected chi connectivity index (χ0v) is 20.4. The van der Waals surface area contributed by atoms with Crippen LogP contribution in [-0.4, -0.2) is 61.0 Å². The molecule has 0 bridgehead atoms. The number of aromatic carboxylic acids is 1. The van der Waals surface area contributed by atoms with Crippen LogP contribution in [0, 0.1) is 11.6 Å². The van der Waals surface area contributed by atoms with Gasteiger partial charge in [-0.15, -0.1) is 0 Å². The third kappa shape index (κ3) is 3.65. The number of amides is 2. The van der Waals surface area contributed by atoms with Crippen LogP contribution in [0.25, 0.3) is 10.9 Å². The van der Waals surface area contributed by atoms with Crippen LogP contribution in [0.1, 0.15) is 55.3 Å². The van der Waals surface area contributed by atoms with Crippen molar-refractivity contribution in [1.82, 2.24) is 24.6 Å². The van der Waals surface area contributed by atoms with Crippen molar-refractivity contribution in [3.63, 3.8) is 0 Å². The first-order chi connectivity index (χ1) is 18.2. The van der Waals surface area contributed by atoms with E-state index in [1.54, 1.807) is 28.8 Å². The molecule has 0 spiro atoms. The summed E-state index contributed by atoms with van der Waals surface area (Å²) in [6.45, 7) is 0.809. The van der Waals surface area contributed by atoms with Crippen molar-refractivity contribution < 1.29 is 28.3 Å². The number of hydrogen-bond acceptors (Lipinski definition) is 4. The van der Waals surface area contributed by atoms with E-state index in [0.717, 1.165) is 11.6 Å². The quantitative estimate of drug-likeness (QED) is 0.417. The van der Waals surface area contributed by atoms with Crippen LogP contribution in [0.15, 0.2) is 48.7 Å². The Morgan fingerprint density at radius 3 is 2.63 bits per heavy atom. The monoisotopic (exact) mass is 519 g/mol. The molecule has 2 N–H and O–H groups in total. The Labute approximate surface area is 215 Å². The van der Waals surface area contributed by atoms with Gasteiger partial charge in [0.05, 0.1) is 41.6 Å². The Balaban J connectivity index is 1.26. The van der Waals surface area contributed by atoms with E-state index in [2.05, 4.69) is 10.1 Å². The lowest BCUT2D eigenvalue weighted by Crippen LogP contribution is -2.41. The lowest BCUT2D eigenvalue weighted by atomic mass is 9.99. The smallest absolute Gasteiger partial charge is 0.335 e. The number of carboxylic acid groups (broad SMARTS) is 1. The van der Waals surface area contributed by atoms with Crippen LogP contribution >= 0.6 is 0 Å². The number of nitrogens with one attached hydrogen (secondary N) is 1. The standard InChI is InChI=1S/C27H23F2N5O4/c1-32(27(7-8-27)16-4-2-3-15(11-16)26(37)38)24(35)18-13-30-34-10-9-33(14-22(18)34)25(36)21-12-17-20(31-21)6-5-19(28)23(17)29/h2-6,11-13,31H,7-10,14H2,1H3,(H,37,38). The molecule has 194 valence electrons. The molecule has 3 heterocycles. The maximum absolute atomic E-state index is 14.2. The fraction of sp³-hybridized carbons (Fsp3) is 0.259. The van der Waals surface area contributed by atoms with Gasteiger partial charge in [-0.05, 0) is 48.7 Å². The van der Waals surface area contributed by atoms with Crippen molar-refractivity contribution in [2.24, 2.45) is 0 Å². The molecule has 1 saturated carbocycles. The van der Waals surface area contributed by atoms with Crippen molar-refractivity contribution in [2.45, 2.75) is 31.5 Å². The van der Waals surface area contributed by atoms with E-state index in [1.807, 2.05) is 6.07 Å². The van der Waals surface area contributed by atoms with Gasteiger partial charge < -0.3 is 19.9 Å². The minimum Gasteiger partial charge on any atom is -0.478 e. The minimum atomic E-state index is -1.03. The SMILES string of the molecule is CN(C(=O)c1cnn2c1CN(C(=O)c1cc3c(F)c(F)ccc3[nH]1)CC2)C1(c2cccc(C(=O)O)c2)CC1. The van der Waals surface area contributed by atoms with Crippen LogP contribution in [0.5, 0.6) is 0 Å². The summed E-state index contributed by atoms with van der Waals surface area (Å²) in [6, 6.07) is 10.3. The molecule has 2 amide bonds. The first-order valence-electron chi connectivity index (χ1n) is 12.1. The number of fused-ring (bicyclic) bond motifs is 2. The highest BCUT2D eigenvalue weighted by Crippen LogP contribution is 2.51. The summed E-state index contributed by atoms with van der Waals surface area (Å²) in [4.78, 5) is 44.4. The molecule has 2 aromatic heterocycles. The maximum Gasteiger partial charge on any atom is 0.335 e. The number of benzene rings is 2. The molecule has 2 aliphatic rings. The average Bonchev–Trinajstić information content (AvgIpc) is 3.44. The molecule has 1 aliphatic carbocycles. The average molecular weight is 520 g/mol. The van der Waals surface area contributed by atoms with Crippen LogP contribution in [0.4, 0.5) is 8.78 Å². The summed E-state index contributed by atoms with van der Waals surface area (Å²) in [7, 11) is 1.69. The minimum absolute atomic E-state index is 0.00501. The lowest BCUT2D eigenvalue weighted by molar-refractivity contribution is 0.0669. The Hall–Kier alpha value is -4.54. The topological polar surface area (TPSA) is 112 Å². The first kappa shape index (κ1) is 23.8. The summed E-state index contributed by atoms with van der Waals surface area (Å²) in [5.41, 5.74) is 1.68. The van der Waals surface area contributed by atoms with Gasteiger partial charge in [0.25, 0.3) is 11.8 Å². The molecule has 4 aromatic rings. The van der Waals surface area contributed by atoms with Gasteiger partial charge in [0.1, 0.15) is 5.69 Å². The second kappa shape index (κ2) is 8.51. The molecule has 38 heavy (non-hydrogen) atoms. The molecular weight excluding hydrogens is 496 g/mol. The third-order valence-electron chi connectivity index (χ3n) is 7.63. The predicted molar refractivity (Wildman–Crippen MR) is 132 cm³/mol. The summed E-state index contributed by atoms with van der Waals surface area (Å²) in [5, 5.41) is 13.7. The molecule has 1 fully saturated rings. The highest BCUT2D eigenvalue weighted by Gasteiger charge is 2.50. The molecule has 1 aliphatic heterocycles. The zero-order chi connectivity index (χ0) is 26.8. The fourth-order valence-corrected chi connectivity index (χ4v) is 5.28. The van der Waals surface area contributed by atoms with Gasteiger partial charge in [0.2, 0.25) is 0 Å². The van der Waals surface area contributed by atoms with Gasteiger partial charge in [-0.25, -0.2) is 13.6 Å². The number of carbonyl (C=O) groups is 3. The lowest BCUT2D eigenvalue weighted by Gasteiger charge is -2.31. The molecule has 0 radical (unpaired) electrons. The Morgan fingerprint density at radius 1 is 1.11 bits per heavy atom. The van der Waals surface area contributed by atoms with Crippen molar-refractivity contribution >= 4 is 28.7 Å². The molecule has 0 saturated heterocycles. The van der Waals surface area contributed by atoms with E-state index in [1.165, 1.54) is 29.3 Å². The molecule has 0 unspecified atom stereocenters. The number of H-pyrrole nitrogens is 1. The predicted octanol–water partition coefficient (Wildman–Crippen LogP) is 3.76. The third-order valence-corrected chi connectivity index (χ3v) is 7.63. The van der Waals surface area contributed by atoms with Crippen LogP contribution in [-0.2, 0) is 18.6 Å². The number of carboxylic acids is 1. The van der Waals surface area contributed by atoms with Gasteiger partial charge in [0, 0.05) is 24.5 Å². The van der Waals surface area contributed by atoms with Gasteiger partial charge >= 0.3 is 5.97 Å². The van der Waals surface area contributed by atoms with Crippen molar-refractivity contribution in [3.8, 4) is 0 Å². The molecule has 9 nitrogen and oxygen atoms in total. The number of nitrogens with zero attached hydrogens (tertiary/aromatic N) is 4. The van der Waals surface area contributed by atoms with Gasteiger partial charge in [-0.3, -0.25) is 14.3 Å². The summed E-state index contributed by atoms with van der Waals surface area (Å²) < 4.78 is 29.5.